The van der Waals surface area contributed by atoms with Crippen LogP contribution in [0.3, 0.4) is 0 Å². The molecule has 1 fully saturated rings. The number of carbonyl (C=O) groups excluding carboxylic acids is 1. The minimum atomic E-state index is 0.107. The van der Waals surface area contributed by atoms with Crippen LogP contribution >= 0.6 is 0 Å². The number of likely N-dealkylation sites (tertiary alicyclic amines) is 1. The highest BCUT2D eigenvalue weighted by molar-refractivity contribution is 5.77. The lowest BCUT2D eigenvalue weighted by Crippen LogP contribution is -2.46. The van der Waals surface area contributed by atoms with Gasteiger partial charge in [-0.15, -0.1) is 0 Å². The highest BCUT2D eigenvalue weighted by atomic mass is 16.1. The van der Waals surface area contributed by atoms with Crippen LogP contribution < -0.4 is 11.1 Å². The minimum absolute atomic E-state index is 0.107. The van der Waals surface area contributed by atoms with Gasteiger partial charge in [0.2, 0.25) is 5.91 Å². The summed E-state index contributed by atoms with van der Waals surface area (Å²) in [6, 6.07) is 0. The maximum absolute atomic E-state index is 11.2. The third-order valence-electron chi connectivity index (χ3n) is 3.45. The molecule has 0 bridgehead atoms. The Bertz CT molecular complexity index is 208. The lowest BCUT2D eigenvalue weighted by atomic mass is 9.84. The molecule has 0 aromatic heterocycles. The number of nitrogens with two attached hydrogens (primary N) is 1. The first-order chi connectivity index (χ1) is 7.21. The maximum atomic E-state index is 11.2. The first kappa shape index (κ1) is 12.5. The van der Waals surface area contributed by atoms with Gasteiger partial charge in [0.15, 0.2) is 0 Å². The van der Waals surface area contributed by atoms with E-state index in [1.54, 1.807) is 7.05 Å². The second kappa shape index (κ2) is 6.08. The molecule has 0 aromatic carbocycles. The molecule has 4 nitrogen and oxygen atoms in total. The van der Waals surface area contributed by atoms with Gasteiger partial charge in [-0.05, 0) is 31.3 Å². The zero-order valence-electron chi connectivity index (χ0n) is 9.83. The number of hydrogen-bond donors (Lipinski definition) is 2. The van der Waals surface area contributed by atoms with Crippen LogP contribution in [0.5, 0.6) is 0 Å². The molecule has 0 spiro atoms. The van der Waals surface area contributed by atoms with Crippen molar-refractivity contribution in [1.82, 2.24) is 10.2 Å². The molecule has 15 heavy (non-hydrogen) atoms. The number of piperidine rings is 1. The average Bonchev–Trinajstić information content (AvgIpc) is 2.28. The van der Waals surface area contributed by atoms with Gasteiger partial charge < -0.3 is 11.1 Å². The Morgan fingerprint density at radius 2 is 2.27 bits per heavy atom. The van der Waals surface area contributed by atoms with E-state index in [9.17, 15) is 4.79 Å². The van der Waals surface area contributed by atoms with Crippen LogP contribution in [-0.2, 0) is 4.79 Å². The molecule has 0 aromatic rings. The molecular formula is C11H23N3O. The van der Waals surface area contributed by atoms with E-state index in [0.717, 1.165) is 32.5 Å². The molecule has 2 atom stereocenters. The van der Waals surface area contributed by atoms with E-state index in [4.69, 9.17) is 5.73 Å². The Morgan fingerprint density at radius 1 is 1.53 bits per heavy atom. The van der Waals surface area contributed by atoms with Crippen LogP contribution in [0.4, 0.5) is 0 Å². The number of nitrogens with one attached hydrogen (secondary N) is 1. The zero-order chi connectivity index (χ0) is 11.3. The normalized spacial score (nSPS) is 27.7. The zero-order valence-corrected chi connectivity index (χ0v) is 9.83. The fourth-order valence-corrected chi connectivity index (χ4v) is 2.35. The van der Waals surface area contributed by atoms with Gasteiger partial charge in [-0.2, -0.15) is 0 Å². The molecule has 1 heterocycles. The number of amides is 1. The summed E-state index contributed by atoms with van der Waals surface area (Å²) in [4.78, 5) is 13.5. The van der Waals surface area contributed by atoms with Crippen LogP contribution in [0.15, 0.2) is 0 Å². The summed E-state index contributed by atoms with van der Waals surface area (Å²) in [7, 11) is 1.69. The number of rotatable bonds is 4. The van der Waals surface area contributed by atoms with Gasteiger partial charge in [-0.1, -0.05) is 13.3 Å². The molecule has 2 unspecified atom stereocenters. The highest BCUT2D eigenvalue weighted by Gasteiger charge is 2.27. The van der Waals surface area contributed by atoms with Crippen LogP contribution in [0.1, 0.15) is 19.8 Å². The smallest absolute Gasteiger partial charge is 0.233 e. The monoisotopic (exact) mass is 213 g/mol. The fourth-order valence-electron chi connectivity index (χ4n) is 2.35. The number of nitrogens with zero attached hydrogens (tertiary/aromatic N) is 1. The third-order valence-corrected chi connectivity index (χ3v) is 3.45. The predicted octanol–water partition coefficient (Wildman–Crippen LogP) is 0.0392. The predicted molar refractivity (Wildman–Crippen MR) is 61.4 cm³/mol. The van der Waals surface area contributed by atoms with Gasteiger partial charge in [0.1, 0.15) is 0 Å². The van der Waals surface area contributed by atoms with Crippen molar-refractivity contribution in [3.8, 4) is 0 Å². The van der Waals surface area contributed by atoms with E-state index in [1.807, 2.05) is 0 Å². The van der Waals surface area contributed by atoms with Crippen LogP contribution in [0.25, 0.3) is 0 Å². The van der Waals surface area contributed by atoms with Crippen molar-refractivity contribution in [3.05, 3.63) is 0 Å². The summed E-state index contributed by atoms with van der Waals surface area (Å²) in [6.07, 6.45) is 2.29. The van der Waals surface area contributed by atoms with Gasteiger partial charge in [0, 0.05) is 13.6 Å². The number of hydrogen-bond acceptors (Lipinski definition) is 3. The van der Waals surface area contributed by atoms with Crippen molar-refractivity contribution in [2.24, 2.45) is 17.6 Å². The molecule has 1 rings (SSSR count). The summed E-state index contributed by atoms with van der Waals surface area (Å²) >= 11 is 0. The molecule has 1 saturated heterocycles. The second-order valence-electron chi connectivity index (χ2n) is 4.36. The van der Waals surface area contributed by atoms with Gasteiger partial charge in [-0.3, -0.25) is 9.69 Å². The Kier molecular flexibility index (Phi) is 5.05. The lowest BCUT2D eigenvalue weighted by Gasteiger charge is -2.37. The van der Waals surface area contributed by atoms with Crippen LogP contribution in [-0.4, -0.2) is 44.0 Å². The van der Waals surface area contributed by atoms with Crippen molar-refractivity contribution < 1.29 is 4.79 Å². The molecule has 1 aliphatic rings. The van der Waals surface area contributed by atoms with Crippen molar-refractivity contribution in [3.63, 3.8) is 0 Å². The SMILES string of the molecule is CCC1CN(CC(=O)NC)CCC1CN. The van der Waals surface area contributed by atoms with E-state index in [0.29, 0.717) is 18.4 Å². The Labute approximate surface area is 92.2 Å². The van der Waals surface area contributed by atoms with Gasteiger partial charge in [0.05, 0.1) is 6.54 Å². The quantitative estimate of drug-likeness (QED) is 0.693. The number of likely N-dealkylation sites (N-methyl/N-ethyl adjacent to an activating group) is 1. The summed E-state index contributed by atoms with van der Waals surface area (Å²) in [5.41, 5.74) is 5.74. The fraction of sp³-hybridized carbons (Fsp3) is 0.909. The van der Waals surface area contributed by atoms with Crippen molar-refractivity contribution in [2.75, 3.05) is 33.2 Å². The van der Waals surface area contributed by atoms with Crippen molar-refractivity contribution >= 4 is 5.91 Å². The molecule has 4 heteroatoms. The molecule has 1 aliphatic heterocycles. The summed E-state index contributed by atoms with van der Waals surface area (Å²) in [5.74, 6) is 1.42. The van der Waals surface area contributed by atoms with E-state index in [-0.39, 0.29) is 5.91 Å². The standard InChI is InChI=1S/C11H23N3O/c1-3-9-7-14(8-11(15)13-2)5-4-10(9)6-12/h9-10H,3-8,12H2,1-2H3,(H,13,15). The second-order valence-corrected chi connectivity index (χ2v) is 4.36. The van der Waals surface area contributed by atoms with E-state index in [2.05, 4.69) is 17.1 Å². The molecule has 0 saturated carbocycles. The minimum Gasteiger partial charge on any atom is -0.358 e. The van der Waals surface area contributed by atoms with E-state index >= 15 is 0 Å². The van der Waals surface area contributed by atoms with E-state index < -0.39 is 0 Å². The lowest BCUT2D eigenvalue weighted by molar-refractivity contribution is -0.122. The van der Waals surface area contributed by atoms with Crippen LogP contribution in [0.2, 0.25) is 0 Å². The maximum Gasteiger partial charge on any atom is 0.233 e. The Hall–Kier alpha value is -0.610. The largest absolute Gasteiger partial charge is 0.358 e. The van der Waals surface area contributed by atoms with Crippen molar-refractivity contribution in [1.29, 1.82) is 0 Å². The van der Waals surface area contributed by atoms with Crippen LogP contribution in [0, 0.1) is 11.8 Å². The molecule has 0 radical (unpaired) electrons. The molecule has 1 amide bonds. The molecular weight excluding hydrogens is 190 g/mol. The van der Waals surface area contributed by atoms with Gasteiger partial charge in [-0.25, -0.2) is 0 Å². The molecule has 3 N–H and O–H groups in total. The average molecular weight is 213 g/mol. The Morgan fingerprint density at radius 3 is 2.80 bits per heavy atom. The summed E-state index contributed by atoms with van der Waals surface area (Å²) in [5, 5.41) is 2.67. The third kappa shape index (κ3) is 3.47. The van der Waals surface area contributed by atoms with Gasteiger partial charge >= 0.3 is 0 Å². The van der Waals surface area contributed by atoms with Crippen molar-refractivity contribution in [2.45, 2.75) is 19.8 Å². The molecule has 0 aliphatic carbocycles. The summed E-state index contributed by atoms with van der Waals surface area (Å²) < 4.78 is 0. The number of carbonyl (C=O) groups is 1. The first-order valence-corrected chi connectivity index (χ1v) is 5.84. The topological polar surface area (TPSA) is 58.4 Å². The highest BCUT2D eigenvalue weighted by Crippen LogP contribution is 2.24. The van der Waals surface area contributed by atoms with Gasteiger partial charge in [0.25, 0.3) is 0 Å². The first-order valence-electron chi connectivity index (χ1n) is 5.84. The van der Waals surface area contributed by atoms with E-state index in [1.165, 1.54) is 0 Å². The summed E-state index contributed by atoms with van der Waals surface area (Å²) in [6.45, 7) is 5.55. The Balaban J connectivity index is 2.42. The molecule has 88 valence electrons.